The normalized spacial score (nSPS) is 11.7. The van der Waals surface area contributed by atoms with Gasteiger partial charge in [-0.05, 0) is 54.2 Å². The van der Waals surface area contributed by atoms with E-state index in [1.165, 1.54) is 44.5 Å². The maximum absolute atomic E-state index is 2.27. The number of aryl methyl sites for hydroxylation is 2. The van der Waals surface area contributed by atoms with Crippen molar-refractivity contribution in [1.82, 2.24) is 0 Å². The molecule has 4 aromatic carbocycles. The van der Waals surface area contributed by atoms with Crippen LogP contribution in [0.15, 0.2) is 103 Å². The van der Waals surface area contributed by atoms with Crippen molar-refractivity contribution in [2.24, 2.45) is 0 Å². The minimum Gasteiger partial charge on any atom is -0.0622 e. The zero-order valence-corrected chi connectivity index (χ0v) is 18.0. The van der Waals surface area contributed by atoms with E-state index in [4.69, 9.17) is 0 Å². The van der Waals surface area contributed by atoms with Gasteiger partial charge in [0.2, 0.25) is 0 Å². The molecule has 0 nitrogen and oxygen atoms in total. The van der Waals surface area contributed by atoms with Gasteiger partial charge < -0.3 is 0 Å². The summed E-state index contributed by atoms with van der Waals surface area (Å²) in [4.78, 5) is 0. The van der Waals surface area contributed by atoms with Crippen molar-refractivity contribution in [3.8, 4) is 0 Å². The maximum Gasteiger partial charge on any atom is 0.0340 e. The van der Waals surface area contributed by atoms with E-state index in [-0.39, 0.29) is 5.92 Å². The summed E-state index contributed by atoms with van der Waals surface area (Å²) in [7, 11) is 0. The second-order valence-corrected chi connectivity index (χ2v) is 8.11. The average molecular weight is 389 g/mol. The van der Waals surface area contributed by atoms with Gasteiger partial charge in [0.1, 0.15) is 0 Å². The Morgan fingerprint density at radius 3 is 1.47 bits per heavy atom. The molecule has 0 unspecified atom stereocenters. The third kappa shape index (κ3) is 4.60. The van der Waals surface area contributed by atoms with Crippen LogP contribution in [0.25, 0.3) is 11.6 Å². The van der Waals surface area contributed by atoms with Crippen LogP contribution in [0.3, 0.4) is 0 Å². The van der Waals surface area contributed by atoms with Gasteiger partial charge in [-0.1, -0.05) is 120 Å². The Hall–Kier alpha value is -3.38. The number of rotatable bonds is 5. The molecule has 0 heteroatoms. The van der Waals surface area contributed by atoms with Crippen LogP contribution >= 0.6 is 0 Å². The first kappa shape index (κ1) is 19.9. The monoisotopic (exact) mass is 388 g/mol. The second-order valence-electron chi connectivity index (χ2n) is 8.11. The van der Waals surface area contributed by atoms with E-state index >= 15 is 0 Å². The van der Waals surface area contributed by atoms with E-state index in [0.717, 1.165) is 0 Å². The van der Waals surface area contributed by atoms with Crippen molar-refractivity contribution in [2.75, 3.05) is 0 Å². The van der Waals surface area contributed by atoms with Crippen molar-refractivity contribution in [2.45, 2.75) is 26.7 Å². The molecule has 0 aliphatic carbocycles. The number of hydrogen-bond donors (Lipinski definition) is 0. The molecule has 0 aliphatic rings. The highest BCUT2D eigenvalue weighted by Crippen LogP contribution is 2.33. The van der Waals surface area contributed by atoms with Crippen molar-refractivity contribution in [1.29, 1.82) is 0 Å². The lowest BCUT2D eigenvalue weighted by Crippen LogP contribution is -2.03. The lowest BCUT2D eigenvalue weighted by molar-refractivity contribution is 0.974. The number of hydrogen-bond acceptors (Lipinski definition) is 0. The molecule has 0 spiro atoms. The van der Waals surface area contributed by atoms with Crippen LogP contribution in [-0.4, -0.2) is 0 Å². The molecule has 0 saturated heterocycles. The SMILES string of the molecule is C/C(=C\c1ccc(C(c2ccc(C)cc2)c2ccc(C)cc2)cc1)c1ccccc1. The summed E-state index contributed by atoms with van der Waals surface area (Å²) >= 11 is 0. The molecule has 4 rings (SSSR count). The fourth-order valence-electron chi connectivity index (χ4n) is 3.91. The van der Waals surface area contributed by atoms with Gasteiger partial charge in [-0.2, -0.15) is 0 Å². The zero-order chi connectivity index (χ0) is 20.9. The Bertz CT molecular complexity index is 1070. The predicted octanol–water partition coefficient (Wildman–Crippen LogP) is 8.04. The average Bonchev–Trinajstić information content (AvgIpc) is 2.78. The molecule has 0 fully saturated rings. The largest absolute Gasteiger partial charge is 0.0622 e. The van der Waals surface area contributed by atoms with Crippen LogP contribution in [0.2, 0.25) is 0 Å². The van der Waals surface area contributed by atoms with E-state index in [9.17, 15) is 0 Å². The van der Waals surface area contributed by atoms with Gasteiger partial charge in [-0.15, -0.1) is 0 Å². The molecule has 4 aromatic rings. The predicted molar refractivity (Wildman–Crippen MR) is 130 cm³/mol. The number of allylic oxidation sites excluding steroid dienone is 1. The molecule has 0 bridgehead atoms. The van der Waals surface area contributed by atoms with Gasteiger partial charge in [0.05, 0.1) is 0 Å². The first-order chi connectivity index (χ1) is 14.6. The molecule has 0 amide bonds. The van der Waals surface area contributed by atoms with E-state index in [1.54, 1.807) is 0 Å². The topological polar surface area (TPSA) is 0 Å². The van der Waals surface area contributed by atoms with Gasteiger partial charge in [0.15, 0.2) is 0 Å². The molecule has 0 saturated carbocycles. The summed E-state index contributed by atoms with van der Waals surface area (Å²) in [6.07, 6.45) is 2.26. The summed E-state index contributed by atoms with van der Waals surface area (Å²) in [6.45, 7) is 6.45. The van der Waals surface area contributed by atoms with Crippen molar-refractivity contribution in [3.05, 3.63) is 142 Å². The lowest BCUT2D eigenvalue weighted by Gasteiger charge is -2.20. The molecular weight excluding hydrogens is 360 g/mol. The summed E-state index contributed by atoms with van der Waals surface area (Å²) in [5, 5.41) is 0. The summed E-state index contributed by atoms with van der Waals surface area (Å²) in [5.41, 5.74) is 10.3. The second kappa shape index (κ2) is 8.97. The summed E-state index contributed by atoms with van der Waals surface area (Å²) in [5.74, 6) is 0.236. The van der Waals surface area contributed by atoms with Crippen LogP contribution < -0.4 is 0 Å². The van der Waals surface area contributed by atoms with Crippen LogP contribution in [-0.2, 0) is 0 Å². The Balaban J connectivity index is 1.69. The third-order valence-electron chi connectivity index (χ3n) is 5.70. The van der Waals surface area contributed by atoms with E-state index < -0.39 is 0 Å². The fourth-order valence-corrected chi connectivity index (χ4v) is 3.91. The first-order valence-corrected chi connectivity index (χ1v) is 10.6. The molecule has 0 aliphatic heterocycles. The van der Waals surface area contributed by atoms with Crippen LogP contribution in [0, 0.1) is 13.8 Å². The molecule has 0 heterocycles. The highest BCUT2D eigenvalue weighted by atomic mass is 14.2. The standard InChI is InChI=1S/C30H28/c1-22-9-15-27(16-10-22)30(28-17-11-23(2)12-18-28)29-19-13-25(14-20-29)21-24(3)26-7-5-4-6-8-26/h4-21,30H,1-3H3/b24-21+. The Morgan fingerprint density at radius 2 is 1.00 bits per heavy atom. The summed E-state index contributed by atoms with van der Waals surface area (Å²) < 4.78 is 0. The van der Waals surface area contributed by atoms with E-state index in [1.807, 2.05) is 0 Å². The Kier molecular flexibility index (Phi) is 5.95. The molecule has 0 N–H and O–H groups in total. The molecule has 30 heavy (non-hydrogen) atoms. The Morgan fingerprint density at radius 1 is 0.567 bits per heavy atom. The van der Waals surface area contributed by atoms with Gasteiger partial charge in [0, 0.05) is 5.92 Å². The van der Waals surface area contributed by atoms with Crippen LogP contribution in [0.1, 0.15) is 51.8 Å². The van der Waals surface area contributed by atoms with E-state index in [0.29, 0.717) is 0 Å². The van der Waals surface area contributed by atoms with Crippen molar-refractivity contribution < 1.29 is 0 Å². The Labute approximate surface area is 180 Å². The highest BCUT2D eigenvalue weighted by molar-refractivity contribution is 5.80. The van der Waals surface area contributed by atoms with Crippen molar-refractivity contribution in [3.63, 3.8) is 0 Å². The van der Waals surface area contributed by atoms with Gasteiger partial charge in [-0.25, -0.2) is 0 Å². The van der Waals surface area contributed by atoms with E-state index in [2.05, 4.69) is 130 Å². The van der Waals surface area contributed by atoms with Gasteiger partial charge >= 0.3 is 0 Å². The van der Waals surface area contributed by atoms with Crippen LogP contribution in [0.5, 0.6) is 0 Å². The number of benzene rings is 4. The minimum atomic E-state index is 0.236. The molecule has 0 radical (unpaired) electrons. The lowest BCUT2D eigenvalue weighted by atomic mass is 9.84. The molecular formula is C30H28. The highest BCUT2D eigenvalue weighted by Gasteiger charge is 2.16. The molecule has 0 atom stereocenters. The van der Waals surface area contributed by atoms with Crippen molar-refractivity contribution >= 4 is 11.6 Å². The first-order valence-electron chi connectivity index (χ1n) is 10.6. The fraction of sp³-hybridized carbons (Fsp3) is 0.133. The van der Waals surface area contributed by atoms with Crippen LogP contribution in [0.4, 0.5) is 0 Å². The third-order valence-corrected chi connectivity index (χ3v) is 5.70. The minimum absolute atomic E-state index is 0.236. The zero-order valence-electron chi connectivity index (χ0n) is 18.0. The van der Waals surface area contributed by atoms with Gasteiger partial charge in [-0.3, -0.25) is 0 Å². The quantitative estimate of drug-likeness (QED) is 0.240. The van der Waals surface area contributed by atoms with Gasteiger partial charge in [0.25, 0.3) is 0 Å². The molecule has 0 aromatic heterocycles. The summed E-state index contributed by atoms with van der Waals surface area (Å²) in [6, 6.07) is 37.4. The molecule has 148 valence electrons. The smallest absolute Gasteiger partial charge is 0.0340 e. The maximum atomic E-state index is 2.27.